The van der Waals surface area contributed by atoms with E-state index in [4.69, 9.17) is 4.74 Å². The highest BCUT2D eigenvalue weighted by Gasteiger charge is 2.62. The van der Waals surface area contributed by atoms with Crippen LogP contribution in [0.15, 0.2) is 11.1 Å². The van der Waals surface area contributed by atoms with Gasteiger partial charge in [-0.2, -0.15) is 0 Å². The minimum Gasteiger partial charge on any atom is -0.465 e. The second-order valence-corrected chi connectivity index (χ2v) is 9.85. The van der Waals surface area contributed by atoms with E-state index in [0.29, 0.717) is 48.9 Å². The van der Waals surface area contributed by atoms with Gasteiger partial charge in [0, 0.05) is 30.6 Å². The lowest BCUT2D eigenvalue weighted by molar-refractivity contribution is -0.152. The highest BCUT2D eigenvalue weighted by molar-refractivity contribution is 5.97. The van der Waals surface area contributed by atoms with Crippen LogP contribution in [0, 0.1) is 34.5 Å². The van der Waals surface area contributed by atoms with Crippen molar-refractivity contribution in [1.29, 1.82) is 0 Å². The van der Waals surface area contributed by atoms with Crippen molar-refractivity contribution in [2.24, 2.45) is 34.5 Å². The average molecular weight is 373 g/mol. The number of esters is 1. The molecule has 27 heavy (non-hydrogen) atoms. The molecule has 148 valence electrons. The van der Waals surface area contributed by atoms with E-state index in [1.54, 1.807) is 0 Å². The van der Waals surface area contributed by atoms with Gasteiger partial charge >= 0.3 is 5.97 Å². The fourth-order valence-corrected chi connectivity index (χ4v) is 7.34. The monoisotopic (exact) mass is 372 g/mol. The summed E-state index contributed by atoms with van der Waals surface area (Å²) in [6.07, 6.45) is 5.90. The molecule has 4 rings (SSSR count). The highest BCUT2D eigenvalue weighted by atomic mass is 16.5. The van der Waals surface area contributed by atoms with Gasteiger partial charge in [-0.1, -0.05) is 19.4 Å². The van der Waals surface area contributed by atoms with Crippen molar-refractivity contribution in [3.05, 3.63) is 11.1 Å². The Kier molecular flexibility index (Phi) is 4.40. The number of carbonyl (C=O) groups excluding carboxylic acids is 3. The Bertz CT molecular complexity index is 735. The molecule has 0 N–H and O–H groups in total. The van der Waals surface area contributed by atoms with Crippen molar-refractivity contribution in [2.45, 2.75) is 72.6 Å². The van der Waals surface area contributed by atoms with E-state index in [-0.39, 0.29) is 22.6 Å². The van der Waals surface area contributed by atoms with E-state index >= 15 is 0 Å². The van der Waals surface area contributed by atoms with Gasteiger partial charge in [0.2, 0.25) is 0 Å². The molecule has 6 atom stereocenters. The number of ketones is 2. The van der Waals surface area contributed by atoms with Crippen LogP contribution in [0.25, 0.3) is 0 Å². The number of rotatable bonds is 2. The second-order valence-electron chi connectivity index (χ2n) is 9.85. The van der Waals surface area contributed by atoms with Crippen molar-refractivity contribution in [3.63, 3.8) is 0 Å². The van der Waals surface area contributed by atoms with Crippen molar-refractivity contribution in [3.8, 4) is 0 Å². The molecule has 0 saturated heterocycles. The standard InChI is InChI=1S/C23H32O4/c1-13-11-18-14(2)19(25)8-10-23(18,12-27-15(3)24)17-7-9-22(4)16(21(13)17)5-6-20(22)26/h13,16-17,21H,5-12H2,1-4H3/t13-,16+,17+,21+,22+,23+/m1/s1. The topological polar surface area (TPSA) is 60.4 Å². The van der Waals surface area contributed by atoms with Crippen molar-refractivity contribution in [2.75, 3.05) is 6.61 Å². The molecule has 0 aromatic heterocycles. The van der Waals surface area contributed by atoms with Gasteiger partial charge in [-0.25, -0.2) is 0 Å². The van der Waals surface area contributed by atoms with E-state index in [1.165, 1.54) is 12.5 Å². The van der Waals surface area contributed by atoms with Crippen LogP contribution in [0.4, 0.5) is 0 Å². The molecule has 0 aromatic carbocycles. The zero-order chi connectivity index (χ0) is 19.6. The molecule has 0 spiro atoms. The number of hydrogen-bond acceptors (Lipinski definition) is 4. The summed E-state index contributed by atoms with van der Waals surface area (Å²) in [7, 11) is 0. The van der Waals surface area contributed by atoms with Gasteiger partial charge in [-0.05, 0) is 68.3 Å². The average Bonchev–Trinajstić information content (AvgIpc) is 2.93. The molecular formula is C23H32O4. The maximum atomic E-state index is 12.7. The summed E-state index contributed by atoms with van der Waals surface area (Å²) in [5, 5.41) is 0. The number of carbonyl (C=O) groups is 3. The third-order valence-electron chi connectivity index (χ3n) is 8.74. The molecule has 0 unspecified atom stereocenters. The third kappa shape index (κ3) is 2.58. The molecule has 3 fully saturated rings. The minimum absolute atomic E-state index is 0.168. The van der Waals surface area contributed by atoms with Crippen LogP contribution in [-0.2, 0) is 19.1 Å². The largest absolute Gasteiger partial charge is 0.465 e. The van der Waals surface area contributed by atoms with E-state index < -0.39 is 0 Å². The molecular weight excluding hydrogens is 340 g/mol. The molecule has 3 saturated carbocycles. The molecule has 4 heteroatoms. The first-order valence-electron chi connectivity index (χ1n) is 10.6. The number of fused-ring (bicyclic) bond motifs is 5. The number of Topliss-reactive ketones (excluding diaryl/α,β-unsaturated/α-hetero) is 2. The predicted octanol–water partition coefficient (Wildman–Crippen LogP) is 4.27. The molecule has 4 aliphatic rings. The summed E-state index contributed by atoms with van der Waals surface area (Å²) in [5.74, 6) is 2.25. The normalized spacial score (nSPS) is 43.9. The zero-order valence-electron chi connectivity index (χ0n) is 17.1. The van der Waals surface area contributed by atoms with Gasteiger partial charge in [0.15, 0.2) is 5.78 Å². The Morgan fingerprint density at radius 2 is 1.89 bits per heavy atom. The van der Waals surface area contributed by atoms with Crippen LogP contribution in [-0.4, -0.2) is 24.1 Å². The summed E-state index contributed by atoms with van der Waals surface area (Å²) in [5.41, 5.74) is 1.79. The first-order valence-corrected chi connectivity index (χ1v) is 10.6. The summed E-state index contributed by atoms with van der Waals surface area (Å²) in [6.45, 7) is 8.33. The highest BCUT2D eigenvalue weighted by Crippen LogP contribution is 2.66. The quantitative estimate of drug-likeness (QED) is 0.679. The lowest BCUT2D eigenvalue weighted by Gasteiger charge is -2.60. The van der Waals surface area contributed by atoms with E-state index in [9.17, 15) is 14.4 Å². The van der Waals surface area contributed by atoms with Gasteiger partial charge in [0.05, 0.1) is 0 Å². The van der Waals surface area contributed by atoms with Gasteiger partial charge in [-0.15, -0.1) is 0 Å². The zero-order valence-corrected chi connectivity index (χ0v) is 17.1. The Hall–Kier alpha value is -1.45. The Labute approximate surface area is 162 Å². The Balaban J connectivity index is 1.79. The fraction of sp³-hybridized carbons (Fsp3) is 0.783. The second kappa shape index (κ2) is 6.28. The third-order valence-corrected chi connectivity index (χ3v) is 8.74. The van der Waals surface area contributed by atoms with Gasteiger partial charge in [0.25, 0.3) is 0 Å². The van der Waals surface area contributed by atoms with Crippen LogP contribution in [0.5, 0.6) is 0 Å². The van der Waals surface area contributed by atoms with E-state index in [0.717, 1.165) is 37.7 Å². The van der Waals surface area contributed by atoms with Crippen molar-refractivity contribution in [1.82, 2.24) is 0 Å². The Morgan fingerprint density at radius 1 is 1.15 bits per heavy atom. The molecule has 0 radical (unpaired) electrons. The first kappa shape index (κ1) is 18.9. The van der Waals surface area contributed by atoms with Crippen molar-refractivity contribution >= 4 is 17.5 Å². The van der Waals surface area contributed by atoms with Crippen LogP contribution < -0.4 is 0 Å². The Morgan fingerprint density at radius 3 is 2.59 bits per heavy atom. The van der Waals surface area contributed by atoms with Crippen LogP contribution >= 0.6 is 0 Å². The molecule has 0 heterocycles. The smallest absolute Gasteiger partial charge is 0.302 e. The fourth-order valence-electron chi connectivity index (χ4n) is 7.34. The summed E-state index contributed by atoms with van der Waals surface area (Å²) in [6, 6.07) is 0. The molecule has 0 aliphatic heterocycles. The molecule has 4 aliphatic carbocycles. The van der Waals surface area contributed by atoms with E-state index in [2.05, 4.69) is 13.8 Å². The minimum atomic E-state index is -0.245. The molecule has 4 nitrogen and oxygen atoms in total. The van der Waals surface area contributed by atoms with Gasteiger partial charge < -0.3 is 4.74 Å². The van der Waals surface area contributed by atoms with Crippen LogP contribution in [0.3, 0.4) is 0 Å². The lowest BCUT2D eigenvalue weighted by Crippen LogP contribution is -2.56. The summed E-state index contributed by atoms with van der Waals surface area (Å²) < 4.78 is 5.62. The summed E-state index contributed by atoms with van der Waals surface area (Å²) in [4.78, 5) is 36.8. The number of ether oxygens (including phenoxy) is 1. The van der Waals surface area contributed by atoms with Crippen LogP contribution in [0.1, 0.15) is 72.6 Å². The molecule has 0 aromatic rings. The van der Waals surface area contributed by atoms with Crippen LogP contribution in [0.2, 0.25) is 0 Å². The van der Waals surface area contributed by atoms with Crippen molar-refractivity contribution < 1.29 is 19.1 Å². The molecule has 0 amide bonds. The summed E-state index contributed by atoms with van der Waals surface area (Å²) >= 11 is 0. The lowest BCUT2D eigenvalue weighted by atomic mass is 9.44. The maximum absolute atomic E-state index is 12.7. The first-order chi connectivity index (χ1) is 12.7. The molecule has 0 bridgehead atoms. The van der Waals surface area contributed by atoms with Gasteiger partial charge in [0.1, 0.15) is 12.4 Å². The maximum Gasteiger partial charge on any atom is 0.302 e. The van der Waals surface area contributed by atoms with Gasteiger partial charge in [-0.3, -0.25) is 14.4 Å². The number of hydrogen-bond donors (Lipinski definition) is 0. The predicted molar refractivity (Wildman–Crippen MR) is 102 cm³/mol. The van der Waals surface area contributed by atoms with E-state index in [1.807, 2.05) is 6.92 Å². The SMILES string of the molecule is CC(=O)OC[C@]12CCC(=O)C(C)=C1C[C@@H](C)[C@@H]1[C@@H]2CC[C@]2(C)C(=O)CC[C@@H]12.